The number of anilines is 2. The lowest BCUT2D eigenvalue weighted by molar-refractivity contribution is -0.117. The molecule has 1 aliphatic heterocycles. The average Bonchev–Trinajstić information content (AvgIpc) is 2.87. The van der Waals surface area contributed by atoms with Gasteiger partial charge in [0.15, 0.2) is 5.57 Å². The van der Waals surface area contributed by atoms with E-state index >= 15 is 0 Å². The van der Waals surface area contributed by atoms with Gasteiger partial charge in [-0.2, -0.15) is 15.8 Å². The molecular weight excluding hydrogens is 278 g/mol. The summed E-state index contributed by atoms with van der Waals surface area (Å²) in [5, 5.41) is 29.3. The van der Waals surface area contributed by atoms with Crippen molar-refractivity contribution in [1.82, 2.24) is 0 Å². The minimum absolute atomic E-state index is 0.0941. The van der Waals surface area contributed by atoms with Crippen molar-refractivity contribution in [3.05, 3.63) is 35.5 Å². The Morgan fingerprint density at radius 3 is 2.27 bits per heavy atom. The number of nitriles is 3. The predicted octanol–water partition coefficient (Wildman–Crippen LogP) is 2.44. The number of carbonyl (C=O) groups is 1. The zero-order valence-electron chi connectivity index (χ0n) is 12.0. The summed E-state index contributed by atoms with van der Waals surface area (Å²) >= 11 is 0. The summed E-state index contributed by atoms with van der Waals surface area (Å²) in [6.07, 6.45) is 1.39. The molecule has 1 amide bonds. The highest BCUT2D eigenvalue weighted by molar-refractivity contribution is 5.96. The molecule has 0 aliphatic carbocycles. The first-order chi connectivity index (χ1) is 10.6. The Bertz CT molecular complexity index is 727. The maximum atomic E-state index is 11.8. The molecule has 6 heteroatoms. The normalized spacial score (nSPS) is 16.4. The van der Waals surface area contributed by atoms with Crippen LogP contribution in [0.4, 0.5) is 11.4 Å². The van der Waals surface area contributed by atoms with Crippen LogP contribution in [0.15, 0.2) is 35.5 Å². The summed E-state index contributed by atoms with van der Waals surface area (Å²) in [5.41, 5.74) is 1.00. The lowest BCUT2D eigenvalue weighted by atomic mass is 10.2. The Hall–Kier alpha value is -3.30. The molecule has 1 aromatic carbocycles. The van der Waals surface area contributed by atoms with Crippen molar-refractivity contribution in [3.8, 4) is 18.2 Å². The van der Waals surface area contributed by atoms with Crippen molar-refractivity contribution < 1.29 is 4.79 Å². The van der Waals surface area contributed by atoms with Crippen LogP contribution in [0.3, 0.4) is 0 Å². The van der Waals surface area contributed by atoms with Gasteiger partial charge in [0.2, 0.25) is 5.91 Å². The molecule has 1 unspecified atom stereocenters. The Morgan fingerprint density at radius 2 is 1.82 bits per heavy atom. The maximum absolute atomic E-state index is 11.8. The Balaban J connectivity index is 2.22. The highest BCUT2D eigenvalue weighted by atomic mass is 16.2. The van der Waals surface area contributed by atoms with Crippen LogP contribution in [0.25, 0.3) is 0 Å². The second kappa shape index (κ2) is 6.43. The highest BCUT2D eigenvalue weighted by Crippen LogP contribution is 2.27. The van der Waals surface area contributed by atoms with Gasteiger partial charge in [-0.1, -0.05) is 0 Å². The summed E-state index contributed by atoms with van der Waals surface area (Å²) < 4.78 is 0. The molecule has 1 N–H and O–H groups in total. The minimum Gasteiger partial charge on any atom is -0.345 e. The van der Waals surface area contributed by atoms with Crippen LogP contribution in [0.2, 0.25) is 0 Å². The van der Waals surface area contributed by atoms with E-state index in [1.807, 2.05) is 6.92 Å². The monoisotopic (exact) mass is 291 g/mol. The molecule has 0 radical (unpaired) electrons. The molecular formula is C16H13N5O. The fourth-order valence-corrected chi connectivity index (χ4v) is 2.36. The molecule has 1 atom stereocenters. The van der Waals surface area contributed by atoms with Crippen molar-refractivity contribution in [3.63, 3.8) is 0 Å². The molecule has 6 nitrogen and oxygen atoms in total. The van der Waals surface area contributed by atoms with Crippen molar-refractivity contribution in [2.75, 3.05) is 10.2 Å². The van der Waals surface area contributed by atoms with Gasteiger partial charge in [0.05, 0.1) is 0 Å². The van der Waals surface area contributed by atoms with Gasteiger partial charge < -0.3 is 10.2 Å². The number of hydrogen-bond donors (Lipinski definition) is 1. The van der Waals surface area contributed by atoms with Crippen LogP contribution in [-0.2, 0) is 4.79 Å². The summed E-state index contributed by atoms with van der Waals surface area (Å²) in [7, 11) is 0. The fourth-order valence-electron chi connectivity index (χ4n) is 2.36. The SMILES string of the molecule is CC1CCC(=O)N1c1ccc(NC(C#N)=C(C#N)C#N)cc1. The minimum atomic E-state index is -0.269. The van der Waals surface area contributed by atoms with Crippen LogP contribution >= 0.6 is 0 Å². The zero-order valence-corrected chi connectivity index (χ0v) is 12.0. The number of carbonyl (C=O) groups excluding carboxylic acids is 1. The average molecular weight is 291 g/mol. The number of nitrogens with zero attached hydrogens (tertiary/aromatic N) is 4. The number of hydrogen-bond acceptors (Lipinski definition) is 5. The Morgan fingerprint density at radius 1 is 1.18 bits per heavy atom. The number of rotatable bonds is 3. The second-order valence-electron chi connectivity index (χ2n) is 4.91. The van der Waals surface area contributed by atoms with Crippen molar-refractivity contribution in [1.29, 1.82) is 15.8 Å². The molecule has 108 valence electrons. The molecule has 1 heterocycles. The van der Waals surface area contributed by atoms with Crippen molar-refractivity contribution in [2.45, 2.75) is 25.8 Å². The number of allylic oxidation sites excluding steroid dienone is 2. The van der Waals surface area contributed by atoms with Gasteiger partial charge >= 0.3 is 0 Å². The van der Waals surface area contributed by atoms with E-state index in [9.17, 15) is 4.79 Å². The van der Waals surface area contributed by atoms with Crippen LogP contribution in [0.1, 0.15) is 19.8 Å². The number of nitrogens with one attached hydrogen (secondary N) is 1. The quantitative estimate of drug-likeness (QED) is 0.861. The molecule has 0 saturated carbocycles. The third-order valence-corrected chi connectivity index (χ3v) is 3.49. The van der Waals surface area contributed by atoms with E-state index in [1.54, 1.807) is 47.4 Å². The third kappa shape index (κ3) is 2.90. The maximum Gasteiger partial charge on any atom is 0.227 e. The first-order valence-electron chi connectivity index (χ1n) is 6.74. The molecule has 0 aromatic heterocycles. The summed E-state index contributed by atoms with van der Waals surface area (Å²) in [5.74, 6) is 0.0991. The van der Waals surface area contributed by atoms with Gasteiger partial charge in [0, 0.05) is 23.8 Å². The summed E-state index contributed by atoms with van der Waals surface area (Å²) in [6, 6.07) is 12.3. The van der Waals surface area contributed by atoms with E-state index in [0.717, 1.165) is 12.1 Å². The molecule has 0 spiro atoms. The summed E-state index contributed by atoms with van der Waals surface area (Å²) in [6.45, 7) is 2.00. The molecule has 1 fully saturated rings. The standard InChI is InChI=1S/C16H13N5O/c1-11-2-7-16(22)21(11)14-5-3-13(4-6-14)20-15(10-19)12(8-17)9-18/h3-6,11,20H,2,7H2,1H3. The first kappa shape index (κ1) is 15.1. The lowest BCUT2D eigenvalue weighted by Gasteiger charge is -2.22. The highest BCUT2D eigenvalue weighted by Gasteiger charge is 2.28. The van der Waals surface area contributed by atoms with Gasteiger partial charge in [-0.25, -0.2) is 0 Å². The van der Waals surface area contributed by atoms with E-state index in [2.05, 4.69) is 5.32 Å². The van der Waals surface area contributed by atoms with Crippen molar-refractivity contribution >= 4 is 17.3 Å². The molecule has 1 saturated heterocycles. The van der Waals surface area contributed by atoms with Gasteiger partial charge in [0.25, 0.3) is 0 Å². The molecule has 22 heavy (non-hydrogen) atoms. The predicted molar refractivity (Wildman–Crippen MR) is 80.1 cm³/mol. The molecule has 1 aliphatic rings. The van der Waals surface area contributed by atoms with Gasteiger partial charge in [-0.15, -0.1) is 0 Å². The van der Waals surface area contributed by atoms with E-state index in [4.69, 9.17) is 15.8 Å². The third-order valence-electron chi connectivity index (χ3n) is 3.49. The Labute approximate surface area is 128 Å². The zero-order chi connectivity index (χ0) is 16.1. The van der Waals surface area contributed by atoms with Gasteiger partial charge in [-0.05, 0) is 37.6 Å². The molecule has 2 rings (SSSR count). The molecule has 1 aromatic rings. The second-order valence-corrected chi connectivity index (χ2v) is 4.91. The smallest absolute Gasteiger partial charge is 0.227 e. The van der Waals surface area contributed by atoms with Crippen LogP contribution in [0, 0.1) is 34.0 Å². The summed E-state index contributed by atoms with van der Waals surface area (Å²) in [4.78, 5) is 13.6. The fraction of sp³-hybridized carbons (Fsp3) is 0.250. The van der Waals surface area contributed by atoms with Crippen LogP contribution < -0.4 is 10.2 Å². The topological polar surface area (TPSA) is 104 Å². The van der Waals surface area contributed by atoms with E-state index < -0.39 is 0 Å². The van der Waals surface area contributed by atoms with Crippen LogP contribution in [-0.4, -0.2) is 11.9 Å². The Kier molecular flexibility index (Phi) is 4.41. The van der Waals surface area contributed by atoms with Gasteiger partial charge in [0.1, 0.15) is 23.9 Å². The van der Waals surface area contributed by atoms with Crippen LogP contribution in [0.5, 0.6) is 0 Å². The molecule has 0 bridgehead atoms. The van der Waals surface area contributed by atoms with E-state index in [1.165, 1.54) is 0 Å². The largest absolute Gasteiger partial charge is 0.345 e. The van der Waals surface area contributed by atoms with Crippen molar-refractivity contribution in [2.24, 2.45) is 0 Å². The number of benzene rings is 1. The van der Waals surface area contributed by atoms with E-state index in [-0.39, 0.29) is 23.2 Å². The van der Waals surface area contributed by atoms with Gasteiger partial charge in [-0.3, -0.25) is 4.79 Å². The number of amides is 1. The first-order valence-corrected chi connectivity index (χ1v) is 6.74. The van der Waals surface area contributed by atoms with E-state index in [0.29, 0.717) is 12.1 Å². The lowest BCUT2D eigenvalue weighted by Crippen LogP contribution is -2.30.